The Labute approximate surface area is 202 Å². The average molecular weight is 485 g/mol. The minimum Gasteiger partial charge on any atom is -0.439 e. The monoisotopic (exact) mass is 484 g/mol. The third kappa shape index (κ3) is 4.77. The highest BCUT2D eigenvalue weighted by Gasteiger charge is 2.26. The number of sulfonamides is 1. The molecule has 0 bridgehead atoms. The molecule has 0 amide bonds. The zero-order valence-electron chi connectivity index (χ0n) is 18.5. The van der Waals surface area contributed by atoms with E-state index < -0.39 is 10.0 Å². The zero-order chi connectivity index (χ0) is 24.4. The van der Waals surface area contributed by atoms with Gasteiger partial charge in [-0.1, -0.05) is 60.7 Å². The molecule has 0 aliphatic rings. The van der Waals surface area contributed by atoms with Gasteiger partial charge in [0.1, 0.15) is 11.5 Å². The van der Waals surface area contributed by atoms with Crippen molar-refractivity contribution in [3.8, 4) is 22.6 Å². The summed E-state index contributed by atoms with van der Waals surface area (Å²) in [5, 5.41) is 5.25. The molecule has 0 spiro atoms. The van der Waals surface area contributed by atoms with E-state index in [2.05, 4.69) is 0 Å². The number of hydrogen-bond acceptors (Lipinski definition) is 4. The molecule has 2 N–H and O–H groups in total. The van der Waals surface area contributed by atoms with Crippen molar-refractivity contribution in [1.29, 1.82) is 0 Å². The van der Waals surface area contributed by atoms with Gasteiger partial charge in [0, 0.05) is 11.1 Å². The maximum atomic E-state index is 13.6. The molecule has 0 fully saturated rings. The number of halogens is 1. The van der Waals surface area contributed by atoms with Gasteiger partial charge >= 0.3 is 0 Å². The van der Waals surface area contributed by atoms with Gasteiger partial charge in [-0.05, 0) is 59.7 Å². The Hall–Kier alpha value is -4.07. The number of rotatable bonds is 6. The molecule has 174 valence electrons. The van der Waals surface area contributed by atoms with Crippen molar-refractivity contribution in [3.63, 3.8) is 0 Å². The van der Waals surface area contributed by atoms with Crippen LogP contribution >= 0.6 is 0 Å². The van der Waals surface area contributed by atoms with Crippen LogP contribution in [-0.4, -0.2) is 13.4 Å². The van der Waals surface area contributed by atoms with Crippen LogP contribution in [0.4, 0.5) is 4.39 Å². The number of nitrogens with zero attached hydrogens (tertiary/aromatic N) is 1. The van der Waals surface area contributed by atoms with E-state index >= 15 is 0 Å². The fraction of sp³-hybridized carbons (Fsp3) is 0.0357. The minimum atomic E-state index is -3.84. The molecular formula is C28H21FN2O3S. The van der Waals surface area contributed by atoms with E-state index in [1.54, 1.807) is 24.3 Å². The second-order valence-electron chi connectivity index (χ2n) is 8.06. The van der Waals surface area contributed by atoms with E-state index in [9.17, 15) is 12.8 Å². The van der Waals surface area contributed by atoms with Crippen LogP contribution in [0, 0.1) is 5.82 Å². The second kappa shape index (κ2) is 9.29. The lowest BCUT2D eigenvalue weighted by Crippen LogP contribution is -2.11. The number of hydrogen-bond donors (Lipinski definition) is 1. The predicted molar refractivity (Wildman–Crippen MR) is 133 cm³/mol. The van der Waals surface area contributed by atoms with Gasteiger partial charge in [0.2, 0.25) is 15.9 Å². The number of oxazole rings is 1. The summed E-state index contributed by atoms with van der Waals surface area (Å²) in [6.07, 6.45) is 0. The van der Waals surface area contributed by atoms with Crippen molar-refractivity contribution in [3.05, 3.63) is 132 Å². The van der Waals surface area contributed by atoms with Crippen LogP contribution in [0.15, 0.2) is 119 Å². The Morgan fingerprint density at radius 2 is 1.23 bits per heavy atom. The summed E-state index contributed by atoms with van der Waals surface area (Å²) >= 11 is 0. The van der Waals surface area contributed by atoms with Crippen LogP contribution in [0.2, 0.25) is 0 Å². The minimum absolute atomic E-state index is 0.00392. The molecule has 0 radical (unpaired) electrons. The molecule has 0 aliphatic heterocycles. The van der Waals surface area contributed by atoms with Gasteiger partial charge < -0.3 is 4.42 Å². The second-order valence-corrected chi connectivity index (χ2v) is 9.62. The first kappa shape index (κ1) is 22.7. The number of aromatic nitrogens is 1. The first-order valence-corrected chi connectivity index (χ1v) is 12.4. The summed E-state index contributed by atoms with van der Waals surface area (Å²) < 4.78 is 43.5. The topological polar surface area (TPSA) is 86.2 Å². The van der Waals surface area contributed by atoms with Gasteiger partial charge in [0.15, 0.2) is 5.76 Å². The predicted octanol–water partition coefficient (Wildman–Crippen LogP) is 5.98. The Balaban J connectivity index is 1.70. The smallest absolute Gasteiger partial charge is 0.238 e. The molecule has 0 aliphatic carbocycles. The van der Waals surface area contributed by atoms with Crippen molar-refractivity contribution >= 4 is 10.0 Å². The van der Waals surface area contributed by atoms with Crippen molar-refractivity contribution in [1.82, 2.24) is 4.98 Å². The largest absolute Gasteiger partial charge is 0.439 e. The summed E-state index contributed by atoms with van der Waals surface area (Å²) in [6.45, 7) is 0. The number of nitrogens with two attached hydrogens (primary N) is 1. The summed E-state index contributed by atoms with van der Waals surface area (Å²) in [6, 6.07) is 31.9. The highest BCUT2D eigenvalue weighted by atomic mass is 32.2. The molecule has 0 unspecified atom stereocenters. The quantitative estimate of drug-likeness (QED) is 0.321. The Bertz CT molecular complexity index is 1510. The lowest BCUT2D eigenvalue weighted by molar-refractivity contribution is 0.499. The molecule has 5 aromatic rings. The molecule has 0 atom stereocenters. The van der Waals surface area contributed by atoms with Crippen LogP contribution in [-0.2, 0) is 10.0 Å². The van der Waals surface area contributed by atoms with E-state index in [0.717, 1.165) is 11.1 Å². The Morgan fingerprint density at radius 3 is 1.74 bits per heavy atom. The van der Waals surface area contributed by atoms with E-state index in [1.165, 1.54) is 24.3 Å². The van der Waals surface area contributed by atoms with Gasteiger partial charge in [-0.3, -0.25) is 0 Å². The molecule has 1 aromatic heterocycles. The maximum Gasteiger partial charge on any atom is 0.238 e. The summed E-state index contributed by atoms with van der Waals surface area (Å²) in [7, 11) is -3.84. The molecule has 0 saturated heterocycles. The van der Waals surface area contributed by atoms with Crippen molar-refractivity contribution in [2.45, 2.75) is 10.8 Å². The van der Waals surface area contributed by atoms with Gasteiger partial charge in [0.25, 0.3) is 0 Å². The Kier molecular flexibility index (Phi) is 6.03. The van der Waals surface area contributed by atoms with Gasteiger partial charge in [-0.25, -0.2) is 22.9 Å². The number of benzene rings is 4. The maximum absolute atomic E-state index is 13.6. The SMILES string of the molecule is NS(=O)(=O)c1ccc(-c2oc(C(c3ccccc3)c3ccccc3)nc2-c2ccc(F)cc2)cc1. The van der Waals surface area contributed by atoms with Crippen molar-refractivity contribution in [2.24, 2.45) is 5.14 Å². The normalized spacial score (nSPS) is 11.6. The van der Waals surface area contributed by atoms with Crippen LogP contribution < -0.4 is 5.14 Å². The fourth-order valence-electron chi connectivity index (χ4n) is 4.02. The first-order valence-electron chi connectivity index (χ1n) is 10.9. The highest BCUT2D eigenvalue weighted by Crippen LogP contribution is 2.39. The van der Waals surface area contributed by atoms with Crippen LogP contribution in [0.5, 0.6) is 0 Å². The van der Waals surface area contributed by atoms with Gasteiger partial charge in [-0.2, -0.15) is 0 Å². The molecule has 0 saturated carbocycles. The lowest BCUT2D eigenvalue weighted by atomic mass is 9.91. The molecule has 35 heavy (non-hydrogen) atoms. The Morgan fingerprint density at radius 1 is 0.714 bits per heavy atom. The van der Waals surface area contributed by atoms with Gasteiger partial charge in [0.05, 0.1) is 10.8 Å². The molecule has 1 heterocycles. The summed E-state index contributed by atoms with van der Waals surface area (Å²) in [5.74, 6) is 0.272. The van der Waals surface area contributed by atoms with Gasteiger partial charge in [-0.15, -0.1) is 0 Å². The standard InChI is InChI=1S/C28H21FN2O3S/c29-23-15-11-21(12-16-23)26-27(22-13-17-24(18-14-22)35(30,32)33)34-28(31-26)25(19-7-3-1-4-8-19)20-9-5-2-6-10-20/h1-18,25H,(H2,30,32,33). The third-order valence-electron chi connectivity index (χ3n) is 5.72. The molecule has 7 heteroatoms. The molecular weight excluding hydrogens is 463 g/mol. The van der Waals surface area contributed by atoms with Crippen LogP contribution in [0.25, 0.3) is 22.6 Å². The van der Waals surface area contributed by atoms with E-state index in [-0.39, 0.29) is 16.6 Å². The fourth-order valence-corrected chi connectivity index (χ4v) is 4.54. The van der Waals surface area contributed by atoms with E-state index in [1.807, 2.05) is 60.7 Å². The molecule has 4 aromatic carbocycles. The lowest BCUT2D eigenvalue weighted by Gasteiger charge is -2.14. The summed E-state index contributed by atoms with van der Waals surface area (Å²) in [5.41, 5.74) is 3.82. The van der Waals surface area contributed by atoms with Crippen LogP contribution in [0.1, 0.15) is 22.9 Å². The average Bonchev–Trinajstić information content (AvgIpc) is 3.30. The molecule has 5 rings (SSSR count). The first-order chi connectivity index (χ1) is 16.9. The van der Waals surface area contributed by atoms with Crippen molar-refractivity contribution < 1.29 is 17.2 Å². The highest BCUT2D eigenvalue weighted by molar-refractivity contribution is 7.89. The molecule has 5 nitrogen and oxygen atoms in total. The van der Waals surface area contributed by atoms with Crippen molar-refractivity contribution in [2.75, 3.05) is 0 Å². The third-order valence-corrected chi connectivity index (χ3v) is 6.65. The van der Waals surface area contributed by atoms with E-state index in [0.29, 0.717) is 28.5 Å². The van der Waals surface area contributed by atoms with E-state index in [4.69, 9.17) is 14.5 Å². The number of primary sulfonamides is 1. The summed E-state index contributed by atoms with van der Waals surface area (Å²) in [4.78, 5) is 4.87. The van der Waals surface area contributed by atoms with Crippen LogP contribution in [0.3, 0.4) is 0 Å². The zero-order valence-corrected chi connectivity index (χ0v) is 19.3.